The van der Waals surface area contributed by atoms with Gasteiger partial charge in [-0.1, -0.05) is 13.3 Å². The molecule has 0 atom stereocenters. The van der Waals surface area contributed by atoms with Gasteiger partial charge in [0.25, 0.3) is 5.56 Å². The number of aromatic amines is 1. The number of aromatic nitrogens is 4. The van der Waals surface area contributed by atoms with Gasteiger partial charge in [0, 0.05) is 13.6 Å². The standard InChI is InChI=1S/C11H15ClN4O2/c1-3-4-5-16-9-8(10(17)14-11(16)18)15(2)7(6-12)13-9/h3-6H2,1-2H3,(H,14,17,18). The zero-order valence-electron chi connectivity index (χ0n) is 10.4. The Morgan fingerprint density at radius 3 is 2.72 bits per heavy atom. The van der Waals surface area contributed by atoms with E-state index in [0.717, 1.165) is 12.8 Å². The molecule has 0 fully saturated rings. The summed E-state index contributed by atoms with van der Waals surface area (Å²) in [5.74, 6) is 0.778. The summed E-state index contributed by atoms with van der Waals surface area (Å²) in [7, 11) is 1.72. The molecule has 0 aliphatic rings. The third-order valence-electron chi connectivity index (χ3n) is 2.96. The number of aryl methyl sites for hydroxylation is 2. The highest BCUT2D eigenvalue weighted by atomic mass is 35.5. The molecule has 0 aromatic carbocycles. The highest BCUT2D eigenvalue weighted by Crippen LogP contribution is 2.11. The molecule has 0 aliphatic carbocycles. The Kier molecular flexibility index (Phi) is 3.56. The van der Waals surface area contributed by atoms with Crippen LogP contribution in [0.4, 0.5) is 0 Å². The van der Waals surface area contributed by atoms with Gasteiger partial charge in [0.1, 0.15) is 5.82 Å². The lowest BCUT2D eigenvalue weighted by atomic mass is 10.3. The molecule has 0 bridgehead atoms. The summed E-state index contributed by atoms with van der Waals surface area (Å²) in [6, 6.07) is 0. The Labute approximate surface area is 108 Å². The second kappa shape index (κ2) is 4.97. The van der Waals surface area contributed by atoms with E-state index in [0.29, 0.717) is 23.5 Å². The topological polar surface area (TPSA) is 72.7 Å². The molecule has 2 heterocycles. The summed E-state index contributed by atoms with van der Waals surface area (Å²) in [5.41, 5.74) is -0.0361. The number of H-pyrrole nitrogens is 1. The summed E-state index contributed by atoms with van der Waals surface area (Å²) in [6.45, 7) is 2.58. The second-order valence-corrected chi connectivity index (χ2v) is 4.42. The van der Waals surface area contributed by atoms with Crippen LogP contribution in [0.2, 0.25) is 0 Å². The average molecular weight is 271 g/mol. The summed E-state index contributed by atoms with van der Waals surface area (Å²) in [6.07, 6.45) is 1.82. The lowest BCUT2D eigenvalue weighted by molar-refractivity contribution is 0.613. The van der Waals surface area contributed by atoms with Gasteiger partial charge in [-0.25, -0.2) is 9.78 Å². The highest BCUT2D eigenvalue weighted by molar-refractivity contribution is 6.16. The lowest BCUT2D eigenvalue weighted by Gasteiger charge is -2.04. The number of rotatable bonds is 4. The van der Waals surface area contributed by atoms with Gasteiger partial charge < -0.3 is 4.57 Å². The Morgan fingerprint density at radius 1 is 1.39 bits per heavy atom. The fourth-order valence-corrected chi connectivity index (χ4v) is 2.17. The molecule has 0 saturated carbocycles. The van der Waals surface area contributed by atoms with E-state index in [1.165, 1.54) is 4.57 Å². The lowest BCUT2D eigenvalue weighted by Crippen LogP contribution is -2.31. The molecule has 2 aromatic heterocycles. The van der Waals surface area contributed by atoms with Crippen LogP contribution in [0.15, 0.2) is 9.59 Å². The van der Waals surface area contributed by atoms with E-state index < -0.39 is 11.2 Å². The Morgan fingerprint density at radius 2 is 2.11 bits per heavy atom. The molecule has 1 N–H and O–H groups in total. The zero-order chi connectivity index (χ0) is 13.3. The third-order valence-corrected chi connectivity index (χ3v) is 3.20. The molecular formula is C11H15ClN4O2. The van der Waals surface area contributed by atoms with Crippen LogP contribution in [0.5, 0.6) is 0 Å². The van der Waals surface area contributed by atoms with Crippen molar-refractivity contribution in [2.75, 3.05) is 0 Å². The number of hydrogen-bond acceptors (Lipinski definition) is 3. The number of imidazole rings is 1. The predicted molar refractivity (Wildman–Crippen MR) is 70.1 cm³/mol. The van der Waals surface area contributed by atoms with Gasteiger partial charge in [-0.2, -0.15) is 0 Å². The van der Waals surface area contributed by atoms with Gasteiger partial charge in [-0.3, -0.25) is 14.3 Å². The van der Waals surface area contributed by atoms with Gasteiger partial charge in [0.05, 0.1) is 5.88 Å². The van der Waals surface area contributed by atoms with Crippen LogP contribution in [0.1, 0.15) is 25.6 Å². The third kappa shape index (κ3) is 1.96. The maximum atomic E-state index is 11.8. The SMILES string of the molecule is CCCCn1c(=O)[nH]c(=O)c2c1nc(CCl)n2C. The number of hydrogen-bond donors (Lipinski definition) is 1. The van der Waals surface area contributed by atoms with Crippen LogP contribution in [0.25, 0.3) is 11.2 Å². The van der Waals surface area contributed by atoms with Gasteiger partial charge in [0.2, 0.25) is 0 Å². The molecule has 0 spiro atoms. The number of nitrogens with zero attached hydrogens (tertiary/aromatic N) is 3. The van der Waals surface area contributed by atoms with E-state index >= 15 is 0 Å². The highest BCUT2D eigenvalue weighted by Gasteiger charge is 2.15. The van der Waals surface area contributed by atoms with Crippen molar-refractivity contribution in [1.29, 1.82) is 0 Å². The Balaban J connectivity index is 2.77. The summed E-state index contributed by atoms with van der Waals surface area (Å²) < 4.78 is 3.12. The van der Waals surface area contributed by atoms with Crippen molar-refractivity contribution in [2.45, 2.75) is 32.2 Å². The van der Waals surface area contributed by atoms with Crippen LogP contribution < -0.4 is 11.2 Å². The van der Waals surface area contributed by atoms with Crippen LogP contribution in [0, 0.1) is 0 Å². The Hall–Kier alpha value is -1.56. The van der Waals surface area contributed by atoms with Crippen LogP contribution in [0.3, 0.4) is 0 Å². The molecule has 7 heteroatoms. The maximum Gasteiger partial charge on any atom is 0.330 e. The number of halogens is 1. The Bertz CT molecular complexity index is 683. The fraction of sp³-hybridized carbons (Fsp3) is 0.545. The molecule has 0 radical (unpaired) electrons. The average Bonchev–Trinajstić information content (AvgIpc) is 2.66. The minimum Gasteiger partial charge on any atom is -0.324 e. The van der Waals surface area contributed by atoms with E-state index in [2.05, 4.69) is 9.97 Å². The number of unbranched alkanes of at least 4 members (excludes halogenated alkanes) is 1. The number of nitrogens with one attached hydrogen (secondary N) is 1. The predicted octanol–water partition coefficient (Wildman–Crippen LogP) is 0.962. The summed E-state index contributed by atoms with van der Waals surface area (Å²) in [4.78, 5) is 30.2. The van der Waals surface area contributed by atoms with E-state index in [9.17, 15) is 9.59 Å². The quantitative estimate of drug-likeness (QED) is 0.841. The van der Waals surface area contributed by atoms with Crippen molar-refractivity contribution in [3.8, 4) is 0 Å². The van der Waals surface area contributed by atoms with Crippen molar-refractivity contribution in [1.82, 2.24) is 19.1 Å². The van der Waals surface area contributed by atoms with Gasteiger partial charge >= 0.3 is 5.69 Å². The summed E-state index contributed by atoms with van der Waals surface area (Å²) >= 11 is 5.77. The minimum absolute atomic E-state index is 0.201. The van der Waals surface area contributed by atoms with Gasteiger partial charge in [-0.15, -0.1) is 11.6 Å². The van der Waals surface area contributed by atoms with Crippen LogP contribution >= 0.6 is 11.6 Å². The first-order valence-electron chi connectivity index (χ1n) is 5.84. The van der Waals surface area contributed by atoms with Crippen molar-refractivity contribution in [3.63, 3.8) is 0 Å². The molecule has 2 rings (SSSR count). The first kappa shape index (κ1) is 12.9. The first-order chi connectivity index (χ1) is 8.60. The van der Waals surface area contributed by atoms with Crippen molar-refractivity contribution >= 4 is 22.8 Å². The maximum absolute atomic E-state index is 11.8. The smallest absolute Gasteiger partial charge is 0.324 e. The van der Waals surface area contributed by atoms with E-state index in [1.807, 2.05) is 6.92 Å². The second-order valence-electron chi connectivity index (χ2n) is 4.16. The first-order valence-corrected chi connectivity index (χ1v) is 6.38. The molecule has 2 aromatic rings. The van der Waals surface area contributed by atoms with E-state index in [-0.39, 0.29) is 5.88 Å². The van der Waals surface area contributed by atoms with Crippen LogP contribution in [-0.2, 0) is 19.5 Å². The number of fused-ring (bicyclic) bond motifs is 1. The molecular weight excluding hydrogens is 256 g/mol. The minimum atomic E-state index is -0.422. The summed E-state index contributed by atoms with van der Waals surface area (Å²) in [5, 5.41) is 0. The molecule has 0 aliphatic heterocycles. The largest absolute Gasteiger partial charge is 0.330 e. The van der Waals surface area contributed by atoms with Crippen molar-refractivity contribution in [2.24, 2.45) is 7.05 Å². The molecule has 98 valence electrons. The van der Waals surface area contributed by atoms with Gasteiger partial charge in [-0.05, 0) is 6.42 Å². The molecule has 18 heavy (non-hydrogen) atoms. The van der Waals surface area contributed by atoms with Crippen molar-refractivity contribution < 1.29 is 0 Å². The van der Waals surface area contributed by atoms with E-state index in [1.54, 1.807) is 11.6 Å². The molecule has 0 amide bonds. The molecule has 0 unspecified atom stereocenters. The molecule has 0 saturated heterocycles. The van der Waals surface area contributed by atoms with Crippen molar-refractivity contribution in [3.05, 3.63) is 26.7 Å². The zero-order valence-corrected chi connectivity index (χ0v) is 11.1. The van der Waals surface area contributed by atoms with E-state index in [4.69, 9.17) is 11.6 Å². The monoisotopic (exact) mass is 270 g/mol. The van der Waals surface area contributed by atoms with Crippen LogP contribution in [-0.4, -0.2) is 19.1 Å². The fourth-order valence-electron chi connectivity index (χ4n) is 1.93. The normalized spacial score (nSPS) is 11.3. The molecule has 6 nitrogen and oxygen atoms in total. The van der Waals surface area contributed by atoms with Gasteiger partial charge in [0.15, 0.2) is 11.2 Å². The number of alkyl halides is 1.